The van der Waals surface area contributed by atoms with E-state index in [1.54, 1.807) is 5.01 Å². The molecule has 0 saturated heterocycles. The molecule has 0 bridgehead atoms. The second kappa shape index (κ2) is 9.67. The summed E-state index contributed by atoms with van der Waals surface area (Å²) in [7, 11) is 0. The predicted octanol–water partition coefficient (Wildman–Crippen LogP) is 6.22. The Balaban J connectivity index is 1.44. The van der Waals surface area contributed by atoms with Gasteiger partial charge >= 0.3 is 5.91 Å². The first-order valence-electron chi connectivity index (χ1n) is 11.4. The Labute approximate surface area is 198 Å². The van der Waals surface area contributed by atoms with Crippen molar-refractivity contribution in [3.8, 4) is 0 Å². The number of benzene rings is 3. The number of hydrazone groups is 1. The van der Waals surface area contributed by atoms with Crippen molar-refractivity contribution in [2.45, 2.75) is 26.2 Å². The molecule has 34 heavy (non-hydrogen) atoms. The number of nitrogens with zero attached hydrogens (tertiary/aromatic N) is 2. The number of para-hydroxylation sites is 3. The van der Waals surface area contributed by atoms with E-state index in [0.29, 0.717) is 5.76 Å². The van der Waals surface area contributed by atoms with Crippen LogP contribution < -0.4 is 15.9 Å². The smallest absolute Gasteiger partial charge is 0.306 e. The van der Waals surface area contributed by atoms with Crippen LogP contribution in [0, 0.1) is 6.92 Å². The fraction of sp³-hybridized carbons (Fsp3) is 0.143. The van der Waals surface area contributed by atoms with Crippen LogP contribution in [0.4, 0.5) is 17.1 Å². The Kier molecular flexibility index (Phi) is 6.12. The zero-order valence-corrected chi connectivity index (χ0v) is 19.0. The van der Waals surface area contributed by atoms with Gasteiger partial charge in [-0.05, 0) is 56.2 Å². The summed E-state index contributed by atoms with van der Waals surface area (Å²) in [6.07, 6.45) is 2.54. The first kappa shape index (κ1) is 21.5. The molecular formula is C28H26N4O2. The second-order valence-electron chi connectivity index (χ2n) is 8.19. The molecule has 1 aliphatic rings. The minimum Gasteiger partial charge on any atom is -0.455 e. The minimum absolute atomic E-state index is 0.296. The Morgan fingerprint density at radius 1 is 0.853 bits per heavy atom. The fourth-order valence-electron chi connectivity index (χ4n) is 4.23. The third kappa shape index (κ3) is 4.43. The monoisotopic (exact) mass is 450 g/mol. The third-order valence-corrected chi connectivity index (χ3v) is 5.87. The number of nitrogens with one attached hydrogen (secondary N) is 2. The Bertz CT molecular complexity index is 1260. The summed E-state index contributed by atoms with van der Waals surface area (Å²) in [5.74, 6) is 0.833. The van der Waals surface area contributed by atoms with Gasteiger partial charge in [-0.15, -0.1) is 0 Å². The van der Waals surface area contributed by atoms with Crippen LogP contribution in [0.25, 0.3) is 0 Å². The van der Waals surface area contributed by atoms with Crippen molar-refractivity contribution in [1.82, 2.24) is 5.43 Å². The van der Waals surface area contributed by atoms with Gasteiger partial charge in [-0.1, -0.05) is 54.6 Å². The van der Waals surface area contributed by atoms with Crippen LogP contribution >= 0.6 is 0 Å². The normalized spacial score (nSPS) is 13.9. The second-order valence-corrected chi connectivity index (χ2v) is 8.19. The lowest BCUT2D eigenvalue weighted by Crippen LogP contribution is -2.39. The van der Waals surface area contributed by atoms with Crippen LogP contribution in [0.2, 0.25) is 0 Å². The third-order valence-electron chi connectivity index (χ3n) is 5.87. The molecule has 1 amide bonds. The lowest BCUT2D eigenvalue weighted by atomic mass is 9.93. The van der Waals surface area contributed by atoms with Gasteiger partial charge in [-0.2, -0.15) is 5.10 Å². The number of amides is 1. The van der Waals surface area contributed by atoms with E-state index in [-0.39, 0.29) is 5.91 Å². The Morgan fingerprint density at radius 2 is 1.44 bits per heavy atom. The number of anilines is 3. The molecule has 0 spiro atoms. The number of carbonyl (C=O) groups excluding carboxylic acids is 1. The van der Waals surface area contributed by atoms with E-state index in [1.807, 2.05) is 97.9 Å². The molecule has 1 aliphatic carbocycles. The first-order chi connectivity index (χ1) is 16.7. The van der Waals surface area contributed by atoms with Gasteiger partial charge in [-0.25, -0.2) is 0 Å². The molecule has 2 N–H and O–H groups in total. The molecule has 1 aromatic heterocycles. The highest BCUT2D eigenvalue weighted by Gasteiger charge is 2.29. The number of aryl methyl sites for hydroxylation is 1. The number of furan rings is 1. The average Bonchev–Trinajstić information content (AvgIpc) is 3.24. The van der Waals surface area contributed by atoms with E-state index < -0.39 is 0 Å². The molecule has 0 saturated carbocycles. The number of carbonyl (C=O) groups is 1. The molecular weight excluding hydrogens is 424 g/mol. The fourth-order valence-corrected chi connectivity index (χ4v) is 4.23. The van der Waals surface area contributed by atoms with Crippen LogP contribution in [-0.2, 0) is 6.42 Å². The van der Waals surface area contributed by atoms with Crippen molar-refractivity contribution in [3.05, 3.63) is 114 Å². The highest BCUT2D eigenvalue weighted by molar-refractivity contribution is 6.07. The molecule has 170 valence electrons. The van der Waals surface area contributed by atoms with Crippen molar-refractivity contribution < 1.29 is 9.21 Å². The first-order valence-corrected chi connectivity index (χ1v) is 11.4. The highest BCUT2D eigenvalue weighted by Crippen LogP contribution is 2.31. The summed E-state index contributed by atoms with van der Waals surface area (Å²) in [5.41, 5.74) is 11.4. The van der Waals surface area contributed by atoms with Gasteiger partial charge in [0, 0.05) is 17.5 Å². The molecule has 6 nitrogen and oxygen atoms in total. The van der Waals surface area contributed by atoms with E-state index in [4.69, 9.17) is 4.42 Å². The van der Waals surface area contributed by atoms with Gasteiger partial charge in [0.05, 0.1) is 22.8 Å². The lowest BCUT2D eigenvalue weighted by Gasteiger charge is -2.25. The molecule has 5 rings (SSSR count). The quantitative estimate of drug-likeness (QED) is 0.342. The van der Waals surface area contributed by atoms with Crippen molar-refractivity contribution in [1.29, 1.82) is 0 Å². The van der Waals surface area contributed by atoms with E-state index in [1.165, 1.54) is 0 Å². The van der Waals surface area contributed by atoms with E-state index in [9.17, 15) is 4.79 Å². The van der Waals surface area contributed by atoms with Crippen molar-refractivity contribution in [3.63, 3.8) is 0 Å². The van der Waals surface area contributed by atoms with Gasteiger partial charge in [0.2, 0.25) is 0 Å². The maximum absolute atomic E-state index is 13.4. The molecule has 6 heteroatoms. The van der Waals surface area contributed by atoms with Crippen LogP contribution in [0.5, 0.6) is 0 Å². The topological polar surface area (TPSA) is 69.9 Å². The van der Waals surface area contributed by atoms with E-state index >= 15 is 0 Å². The molecule has 0 fully saturated rings. The van der Waals surface area contributed by atoms with Crippen molar-refractivity contribution in [2.75, 3.05) is 10.4 Å². The lowest BCUT2D eigenvalue weighted by molar-refractivity contribution is 0.0923. The zero-order valence-electron chi connectivity index (χ0n) is 19.0. The van der Waals surface area contributed by atoms with Crippen LogP contribution in [0.1, 0.15) is 40.3 Å². The highest BCUT2D eigenvalue weighted by atomic mass is 16.4. The molecule has 4 aromatic rings. The van der Waals surface area contributed by atoms with Gasteiger partial charge in [0.25, 0.3) is 0 Å². The zero-order chi connectivity index (χ0) is 23.3. The summed E-state index contributed by atoms with van der Waals surface area (Å²) in [6, 6.07) is 29.3. The van der Waals surface area contributed by atoms with Gasteiger partial charge in [0.15, 0.2) is 5.76 Å². The molecule has 0 aliphatic heterocycles. The SMILES string of the molecule is Cc1c(C(=O)NN(c2ccccc2)c2ccccc2)oc2c1/C(=N/Nc1ccccc1)CCC2. The molecule has 1 heterocycles. The van der Waals surface area contributed by atoms with Gasteiger partial charge in [-0.3, -0.25) is 20.7 Å². The summed E-state index contributed by atoms with van der Waals surface area (Å²) < 4.78 is 6.11. The van der Waals surface area contributed by atoms with E-state index in [0.717, 1.165) is 58.9 Å². The van der Waals surface area contributed by atoms with Crippen molar-refractivity contribution >= 4 is 28.7 Å². The molecule has 0 radical (unpaired) electrons. The minimum atomic E-state index is -0.296. The largest absolute Gasteiger partial charge is 0.455 e. The summed E-state index contributed by atoms with van der Waals surface area (Å²) in [5, 5.41) is 6.42. The van der Waals surface area contributed by atoms with Crippen molar-refractivity contribution in [2.24, 2.45) is 5.10 Å². The van der Waals surface area contributed by atoms with E-state index in [2.05, 4.69) is 16.0 Å². The molecule has 0 atom stereocenters. The maximum Gasteiger partial charge on any atom is 0.306 e. The number of hydrogen-bond acceptors (Lipinski definition) is 5. The average molecular weight is 451 g/mol. The molecule has 0 unspecified atom stereocenters. The molecule has 3 aromatic carbocycles. The van der Waals surface area contributed by atoms with Crippen LogP contribution in [-0.4, -0.2) is 11.6 Å². The number of hydrogen-bond donors (Lipinski definition) is 2. The summed E-state index contributed by atoms with van der Waals surface area (Å²) >= 11 is 0. The summed E-state index contributed by atoms with van der Waals surface area (Å²) in [6.45, 7) is 1.93. The maximum atomic E-state index is 13.4. The van der Waals surface area contributed by atoms with Crippen LogP contribution in [0.3, 0.4) is 0 Å². The standard InChI is InChI=1S/C28H26N4O2/c1-20-26-24(30-29-21-12-5-2-6-13-21)18-11-19-25(26)34-27(20)28(33)31-32(22-14-7-3-8-15-22)23-16-9-4-10-17-23/h2-10,12-17,29H,11,18-19H2,1H3,(H,31,33)/b30-24+. The summed E-state index contributed by atoms with van der Waals surface area (Å²) in [4.78, 5) is 13.4. The van der Waals surface area contributed by atoms with Crippen LogP contribution in [0.15, 0.2) is 101 Å². The van der Waals surface area contributed by atoms with Gasteiger partial charge < -0.3 is 4.42 Å². The van der Waals surface area contributed by atoms with Gasteiger partial charge in [0.1, 0.15) is 5.76 Å². The number of rotatable bonds is 6. The predicted molar refractivity (Wildman–Crippen MR) is 135 cm³/mol. The Morgan fingerprint density at radius 3 is 2.06 bits per heavy atom. The number of fused-ring (bicyclic) bond motifs is 1. The Hall–Kier alpha value is -4.32. The number of hydrazine groups is 1.